The van der Waals surface area contributed by atoms with Crippen LogP contribution in [0.4, 0.5) is 17.5 Å². The number of halogens is 2. The Hall–Kier alpha value is -1.59. The quantitative estimate of drug-likeness (QED) is 0.865. The van der Waals surface area contributed by atoms with Crippen molar-refractivity contribution in [1.29, 1.82) is 0 Å². The van der Waals surface area contributed by atoms with Crippen LogP contribution in [-0.2, 0) is 0 Å². The van der Waals surface area contributed by atoms with E-state index in [1.54, 1.807) is 24.4 Å². The van der Waals surface area contributed by atoms with Gasteiger partial charge in [0.1, 0.15) is 0 Å². The molecular formula is C16H19Cl2N5. The molecule has 1 aromatic heterocycles. The summed E-state index contributed by atoms with van der Waals surface area (Å²) >= 11 is 12.0. The second kappa shape index (κ2) is 7.32. The average molecular weight is 352 g/mol. The Morgan fingerprint density at radius 1 is 1.22 bits per heavy atom. The van der Waals surface area contributed by atoms with Gasteiger partial charge in [-0.15, -0.1) is 5.10 Å². The predicted octanol–water partition coefficient (Wildman–Crippen LogP) is 4.69. The minimum absolute atomic E-state index is 0.446. The first-order chi connectivity index (χ1) is 11.2. The maximum atomic E-state index is 6.02. The highest BCUT2D eigenvalue weighted by Gasteiger charge is 2.22. The smallest absolute Gasteiger partial charge is 0.249 e. The molecule has 0 spiro atoms. The van der Waals surface area contributed by atoms with E-state index in [9.17, 15) is 0 Å². The molecule has 2 aromatic rings. The summed E-state index contributed by atoms with van der Waals surface area (Å²) in [6.45, 7) is 3.23. The van der Waals surface area contributed by atoms with Gasteiger partial charge in [0.25, 0.3) is 0 Å². The Balaban J connectivity index is 1.81. The Labute approximate surface area is 146 Å². The fraction of sp³-hybridized carbons (Fsp3) is 0.438. The molecule has 0 bridgehead atoms. The van der Waals surface area contributed by atoms with Gasteiger partial charge in [0.05, 0.1) is 6.20 Å². The van der Waals surface area contributed by atoms with Crippen LogP contribution in [0.2, 0.25) is 10.0 Å². The van der Waals surface area contributed by atoms with Gasteiger partial charge < -0.3 is 10.2 Å². The van der Waals surface area contributed by atoms with Gasteiger partial charge in [-0.2, -0.15) is 10.1 Å². The topological polar surface area (TPSA) is 53.9 Å². The van der Waals surface area contributed by atoms with Crippen molar-refractivity contribution in [1.82, 2.24) is 15.2 Å². The van der Waals surface area contributed by atoms with Crippen LogP contribution in [0, 0.1) is 0 Å². The number of benzene rings is 1. The van der Waals surface area contributed by atoms with Crippen molar-refractivity contribution >= 4 is 40.7 Å². The van der Waals surface area contributed by atoms with Crippen LogP contribution in [-0.4, -0.2) is 27.8 Å². The summed E-state index contributed by atoms with van der Waals surface area (Å²) in [6, 6.07) is 5.76. The summed E-state index contributed by atoms with van der Waals surface area (Å²) < 4.78 is 0. The first-order valence-electron chi connectivity index (χ1n) is 7.85. The van der Waals surface area contributed by atoms with Crippen molar-refractivity contribution < 1.29 is 0 Å². The molecule has 0 amide bonds. The second-order valence-corrected chi connectivity index (χ2v) is 6.55. The number of nitrogens with zero attached hydrogens (tertiary/aromatic N) is 4. The molecule has 1 fully saturated rings. The molecule has 0 saturated carbocycles. The molecule has 1 saturated heterocycles. The molecule has 1 unspecified atom stereocenters. The van der Waals surface area contributed by atoms with Crippen LogP contribution in [0.5, 0.6) is 0 Å². The summed E-state index contributed by atoms with van der Waals surface area (Å²) in [5, 5.41) is 12.4. The zero-order chi connectivity index (χ0) is 16.2. The lowest BCUT2D eigenvalue weighted by Gasteiger charge is -2.35. The van der Waals surface area contributed by atoms with Crippen LogP contribution >= 0.6 is 23.2 Å². The lowest BCUT2D eigenvalue weighted by Crippen LogP contribution is -2.39. The molecule has 7 heteroatoms. The SMILES string of the molecule is CCC1CCCCN1c1cnnc(Nc2cc(Cl)cc(Cl)c2)n1. The molecular weight excluding hydrogens is 333 g/mol. The highest BCUT2D eigenvalue weighted by atomic mass is 35.5. The van der Waals surface area contributed by atoms with E-state index in [-0.39, 0.29) is 0 Å². The highest BCUT2D eigenvalue weighted by molar-refractivity contribution is 6.35. The monoisotopic (exact) mass is 351 g/mol. The van der Waals surface area contributed by atoms with E-state index in [1.807, 2.05) is 0 Å². The third-order valence-electron chi connectivity index (χ3n) is 4.06. The molecule has 23 heavy (non-hydrogen) atoms. The predicted molar refractivity (Wildman–Crippen MR) is 94.8 cm³/mol. The highest BCUT2D eigenvalue weighted by Crippen LogP contribution is 2.27. The molecule has 5 nitrogen and oxygen atoms in total. The van der Waals surface area contributed by atoms with E-state index in [4.69, 9.17) is 23.2 Å². The van der Waals surface area contributed by atoms with Crippen molar-refractivity contribution in [2.24, 2.45) is 0 Å². The van der Waals surface area contributed by atoms with E-state index >= 15 is 0 Å². The van der Waals surface area contributed by atoms with Crippen molar-refractivity contribution in [3.63, 3.8) is 0 Å². The minimum atomic E-state index is 0.446. The number of anilines is 3. The third-order valence-corrected chi connectivity index (χ3v) is 4.49. The summed E-state index contributed by atoms with van der Waals surface area (Å²) in [7, 11) is 0. The third kappa shape index (κ3) is 4.03. The molecule has 0 aliphatic carbocycles. The maximum Gasteiger partial charge on any atom is 0.249 e. The van der Waals surface area contributed by atoms with Gasteiger partial charge in [-0.3, -0.25) is 0 Å². The van der Waals surface area contributed by atoms with Crippen LogP contribution in [0.3, 0.4) is 0 Å². The molecule has 2 heterocycles. The summed E-state index contributed by atoms with van der Waals surface area (Å²) in [5.41, 5.74) is 0.743. The molecule has 1 N–H and O–H groups in total. The molecule has 122 valence electrons. The number of piperidine rings is 1. The molecule has 3 rings (SSSR count). The largest absolute Gasteiger partial charge is 0.352 e. The molecule has 1 aromatic carbocycles. The number of aromatic nitrogens is 3. The van der Waals surface area contributed by atoms with E-state index in [1.165, 1.54) is 19.3 Å². The first kappa shape index (κ1) is 16.3. The van der Waals surface area contributed by atoms with Gasteiger partial charge in [0.15, 0.2) is 5.82 Å². The van der Waals surface area contributed by atoms with E-state index < -0.39 is 0 Å². The van der Waals surface area contributed by atoms with Gasteiger partial charge in [-0.25, -0.2) is 0 Å². The number of nitrogens with one attached hydrogen (secondary N) is 1. The summed E-state index contributed by atoms with van der Waals surface area (Å²) in [5.74, 6) is 1.31. The Morgan fingerprint density at radius 3 is 2.74 bits per heavy atom. The number of hydrogen-bond donors (Lipinski definition) is 1. The van der Waals surface area contributed by atoms with Crippen molar-refractivity contribution in [2.45, 2.75) is 38.6 Å². The molecule has 1 aliphatic heterocycles. The van der Waals surface area contributed by atoms with Gasteiger partial charge in [0, 0.05) is 28.3 Å². The normalized spacial score (nSPS) is 18.0. The lowest BCUT2D eigenvalue weighted by atomic mass is 10.0. The fourth-order valence-electron chi connectivity index (χ4n) is 2.97. The molecule has 1 aliphatic rings. The zero-order valence-corrected chi connectivity index (χ0v) is 14.5. The fourth-order valence-corrected chi connectivity index (χ4v) is 3.49. The first-order valence-corrected chi connectivity index (χ1v) is 8.61. The standard InChI is InChI=1S/C16H19Cl2N5/c1-2-14-5-3-4-6-23(14)15-10-19-22-16(21-15)20-13-8-11(17)7-12(18)9-13/h7-10,14H,2-6H2,1H3,(H,20,21,22). The maximum absolute atomic E-state index is 6.02. The van der Waals surface area contributed by atoms with E-state index in [2.05, 4.69) is 32.3 Å². The van der Waals surface area contributed by atoms with Crippen molar-refractivity contribution in [3.05, 3.63) is 34.4 Å². The van der Waals surface area contributed by atoms with Crippen LogP contribution < -0.4 is 10.2 Å². The van der Waals surface area contributed by atoms with Crippen molar-refractivity contribution in [2.75, 3.05) is 16.8 Å². The average Bonchev–Trinajstić information content (AvgIpc) is 2.54. The van der Waals surface area contributed by atoms with Crippen LogP contribution in [0.25, 0.3) is 0 Å². The minimum Gasteiger partial charge on any atom is -0.352 e. The lowest BCUT2D eigenvalue weighted by molar-refractivity contribution is 0.446. The summed E-state index contributed by atoms with van der Waals surface area (Å²) in [4.78, 5) is 6.93. The van der Waals surface area contributed by atoms with Gasteiger partial charge in [-0.05, 0) is 43.9 Å². The van der Waals surface area contributed by atoms with Crippen molar-refractivity contribution in [3.8, 4) is 0 Å². The van der Waals surface area contributed by atoms with Gasteiger partial charge in [-0.1, -0.05) is 30.1 Å². The Bertz CT molecular complexity index is 659. The zero-order valence-electron chi connectivity index (χ0n) is 13.0. The number of rotatable bonds is 4. The van der Waals surface area contributed by atoms with Gasteiger partial charge in [0.2, 0.25) is 5.95 Å². The van der Waals surface area contributed by atoms with Gasteiger partial charge >= 0.3 is 0 Å². The number of hydrogen-bond acceptors (Lipinski definition) is 5. The van der Waals surface area contributed by atoms with Crippen LogP contribution in [0.15, 0.2) is 24.4 Å². The second-order valence-electron chi connectivity index (χ2n) is 5.67. The van der Waals surface area contributed by atoms with E-state index in [0.717, 1.165) is 24.5 Å². The molecule has 1 atom stereocenters. The Morgan fingerprint density at radius 2 is 2.00 bits per heavy atom. The summed E-state index contributed by atoms with van der Waals surface area (Å²) in [6.07, 6.45) is 6.50. The van der Waals surface area contributed by atoms with E-state index in [0.29, 0.717) is 22.0 Å². The molecule has 0 radical (unpaired) electrons. The Kier molecular flexibility index (Phi) is 5.18. The van der Waals surface area contributed by atoms with Crippen LogP contribution in [0.1, 0.15) is 32.6 Å².